The highest BCUT2D eigenvalue weighted by Gasteiger charge is 2.33. The summed E-state index contributed by atoms with van der Waals surface area (Å²) in [6.07, 6.45) is -2.57. The molecule has 9 nitrogen and oxygen atoms in total. The van der Waals surface area contributed by atoms with E-state index in [-0.39, 0.29) is 23.5 Å². The number of rotatable bonds is 7. The van der Waals surface area contributed by atoms with Gasteiger partial charge < -0.3 is 25.0 Å². The summed E-state index contributed by atoms with van der Waals surface area (Å²) >= 11 is 0. The number of carbonyl (C=O) groups is 1. The fraction of sp³-hybridized carbons (Fsp3) is 0.304. The van der Waals surface area contributed by atoms with Crippen molar-refractivity contribution in [1.82, 2.24) is 20.3 Å². The lowest BCUT2D eigenvalue weighted by Crippen LogP contribution is -2.39. The fourth-order valence-corrected chi connectivity index (χ4v) is 3.62. The van der Waals surface area contributed by atoms with Crippen LogP contribution in [0.4, 0.5) is 30.8 Å². The lowest BCUT2D eigenvalue weighted by atomic mass is 10.1. The second kappa shape index (κ2) is 10.5. The maximum atomic E-state index is 12.7. The van der Waals surface area contributed by atoms with Crippen molar-refractivity contribution in [2.24, 2.45) is 0 Å². The molecule has 1 fully saturated rings. The third-order valence-corrected chi connectivity index (χ3v) is 5.26. The van der Waals surface area contributed by atoms with Gasteiger partial charge in [-0.1, -0.05) is 18.2 Å². The van der Waals surface area contributed by atoms with Crippen molar-refractivity contribution >= 4 is 23.5 Å². The number of anilines is 3. The van der Waals surface area contributed by atoms with Crippen molar-refractivity contribution in [3.8, 4) is 11.5 Å². The van der Waals surface area contributed by atoms with Crippen LogP contribution < -0.4 is 25.0 Å². The normalized spacial score (nSPS) is 14.3. The third kappa shape index (κ3) is 6.49. The average Bonchev–Trinajstić information content (AvgIpc) is 2.85. The number of ether oxygens (including phenoxy) is 2. The predicted octanol–water partition coefficient (Wildman–Crippen LogP) is 3.92. The van der Waals surface area contributed by atoms with E-state index < -0.39 is 6.36 Å². The van der Waals surface area contributed by atoms with Gasteiger partial charge in [0, 0.05) is 44.2 Å². The van der Waals surface area contributed by atoms with Crippen LogP contribution in [0.15, 0.2) is 54.9 Å². The van der Waals surface area contributed by atoms with Crippen molar-refractivity contribution < 1.29 is 27.4 Å². The van der Waals surface area contributed by atoms with Gasteiger partial charge in [-0.3, -0.25) is 4.79 Å². The molecule has 0 saturated carbocycles. The number of nitrogens with zero attached hydrogens (tertiary/aromatic N) is 4. The Labute approximate surface area is 199 Å². The van der Waals surface area contributed by atoms with Crippen molar-refractivity contribution in [1.29, 1.82) is 0 Å². The summed E-state index contributed by atoms with van der Waals surface area (Å²) in [6, 6.07) is 12.7. The highest BCUT2D eigenvalue weighted by Crippen LogP contribution is 2.33. The molecule has 0 bridgehead atoms. The molecule has 1 aromatic heterocycles. The molecule has 1 aliphatic rings. The summed E-state index contributed by atoms with van der Waals surface area (Å²) in [5.41, 5.74) is 1.14. The quantitative estimate of drug-likeness (QED) is 0.516. The van der Waals surface area contributed by atoms with Gasteiger partial charge in [-0.25, -0.2) is 9.97 Å². The molecule has 1 saturated heterocycles. The Bertz CT molecular complexity index is 1170. The maximum absolute atomic E-state index is 12.7. The van der Waals surface area contributed by atoms with Crippen LogP contribution in [0, 0.1) is 0 Å². The molecular weight excluding hydrogens is 465 g/mol. The van der Waals surface area contributed by atoms with Crippen molar-refractivity contribution in [2.45, 2.75) is 25.3 Å². The highest BCUT2D eigenvalue weighted by atomic mass is 19.4. The Morgan fingerprint density at radius 2 is 1.80 bits per heavy atom. The molecule has 3 aromatic rings. The van der Waals surface area contributed by atoms with Crippen LogP contribution in [0.25, 0.3) is 0 Å². The number of alkyl halides is 3. The summed E-state index contributed by atoms with van der Waals surface area (Å²) in [6.45, 7) is 1.09. The lowest BCUT2D eigenvalue weighted by Gasteiger charge is -2.32. The van der Waals surface area contributed by atoms with E-state index in [9.17, 15) is 18.0 Å². The number of hydrogen-bond donors (Lipinski definition) is 2. The van der Waals surface area contributed by atoms with Gasteiger partial charge >= 0.3 is 6.36 Å². The van der Waals surface area contributed by atoms with Crippen LogP contribution in [0.5, 0.6) is 11.5 Å². The minimum Gasteiger partial charge on any atom is -0.486 e. The molecule has 1 amide bonds. The van der Waals surface area contributed by atoms with Gasteiger partial charge in [0.2, 0.25) is 11.9 Å². The summed E-state index contributed by atoms with van der Waals surface area (Å²) in [5.74, 6) is 0.262. The van der Waals surface area contributed by atoms with Gasteiger partial charge in [0.1, 0.15) is 12.4 Å². The summed E-state index contributed by atoms with van der Waals surface area (Å²) in [7, 11) is 1.56. The van der Waals surface area contributed by atoms with Gasteiger partial charge in [0.25, 0.3) is 5.91 Å². The minimum absolute atomic E-state index is 0.0499. The Balaban J connectivity index is 1.37. The Morgan fingerprint density at radius 3 is 2.51 bits per heavy atom. The molecule has 1 aliphatic heterocycles. The second-order valence-electron chi connectivity index (χ2n) is 7.69. The summed E-state index contributed by atoms with van der Waals surface area (Å²) < 4.78 is 47.8. The zero-order valence-electron chi connectivity index (χ0n) is 18.7. The van der Waals surface area contributed by atoms with Crippen LogP contribution in [0.1, 0.15) is 23.2 Å². The Kier molecular flexibility index (Phi) is 7.18. The third-order valence-electron chi connectivity index (χ3n) is 5.26. The largest absolute Gasteiger partial charge is 0.573 e. The van der Waals surface area contributed by atoms with Crippen LogP contribution in [0.2, 0.25) is 0 Å². The lowest BCUT2D eigenvalue weighted by molar-refractivity contribution is -0.275. The van der Waals surface area contributed by atoms with Gasteiger partial charge in [0.05, 0.1) is 0 Å². The first-order chi connectivity index (χ1) is 16.8. The summed E-state index contributed by atoms with van der Waals surface area (Å²) in [4.78, 5) is 26.6. The number of para-hydroxylation sites is 2. The van der Waals surface area contributed by atoms with E-state index in [4.69, 9.17) is 4.74 Å². The SMILES string of the molecule is CNC(=O)c1cccc(Nc2ncnc(N3CCC(Oc4ccccc4OC(F)(F)F)CC3)n2)c1. The zero-order valence-corrected chi connectivity index (χ0v) is 18.7. The molecule has 35 heavy (non-hydrogen) atoms. The molecule has 0 aliphatic carbocycles. The van der Waals surface area contributed by atoms with Crippen molar-refractivity contribution in [3.05, 3.63) is 60.4 Å². The van der Waals surface area contributed by atoms with Crippen LogP contribution in [-0.2, 0) is 0 Å². The summed E-state index contributed by atoms with van der Waals surface area (Å²) in [5, 5.41) is 5.64. The predicted molar refractivity (Wildman–Crippen MR) is 122 cm³/mol. The van der Waals surface area contributed by atoms with Crippen LogP contribution in [-0.4, -0.2) is 53.5 Å². The van der Waals surface area contributed by atoms with Crippen LogP contribution in [0.3, 0.4) is 0 Å². The molecule has 0 radical (unpaired) electrons. The molecule has 184 valence electrons. The molecule has 0 spiro atoms. The molecular formula is C23H23F3N6O3. The number of aromatic nitrogens is 3. The number of nitrogens with one attached hydrogen (secondary N) is 2. The maximum Gasteiger partial charge on any atom is 0.573 e. The van der Waals surface area contributed by atoms with E-state index in [1.165, 1.54) is 24.5 Å². The molecule has 2 aromatic carbocycles. The van der Waals surface area contributed by atoms with Crippen LogP contribution >= 0.6 is 0 Å². The van der Waals surface area contributed by atoms with E-state index in [0.29, 0.717) is 49.1 Å². The smallest absolute Gasteiger partial charge is 0.486 e. The standard InChI is InChI=1S/C23H23F3N6O3/c1-27-20(33)15-5-4-6-16(13-15)30-21-28-14-29-22(31-21)32-11-9-17(10-12-32)34-18-7-2-3-8-19(18)35-23(24,25)26/h2-8,13-14,17H,9-12H2,1H3,(H,27,33)(H,28,29,30,31). The number of hydrogen-bond acceptors (Lipinski definition) is 8. The first-order valence-corrected chi connectivity index (χ1v) is 10.9. The van der Waals surface area contributed by atoms with E-state index in [2.05, 4.69) is 30.3 Å². The molecule has 0 unspecified atom stereocenters. The van der Waals surface area contributed by atoms with E-state index in [0.717, 1.165) is 0 Å². The number of amides is 1. The first kappa shape index (κ1) is 24.0. The Morgan fingerprint density at radius 1 is 1.06 bits per heavy atom. The molecule has 2 N–H and O–H groups in total. The number of halogens is 3. The molecule has 12 heteroatoms. The fourth-order valence-electron chi connectivity index (χ4n) is 3.62. The average molecular weight is 488 g/mol. The zero-order chi connectivity index (χ0) is 24.8. The monoisotopic (exact) mass is 488 g/mol. The van der Waals surface area contributed by atoms with Crippen molar-refractivity contribution in [2.75, 3.05) is 30.4 Å². The van der Waals surface area contributed by atoms with Crippen molar-refractivity contribution in [3.63, 3.8) is 0 Å². The van der Waals surface area contributed by atoms with Gasteiger partial charge in [-0.05, 0) is 30.3 Å². The molecule has 2 heterocycles. The topological polar surface area (TPSA) is 102 Å². The van der Waals surface area contributed by atoms with E-state index in [1.54, 1.807) is 37.4 Å². The molecule has 0 atom stereocenters. The van der Waals surface area contributed by atoms with Gasteiger partial charge in [0.15, 0.2) is 11.5 Å². The van der Waals surface area contributed by atoms with E-state index in [1.807, 2.05) is 4.90 Å². The Hall–Kier alpha value is -4.09. The number of benzene rings is 2. The second-order valence-corrected chi connectivity index (χ2v) is 7.69. The van der Waals surface area contributed by atoms with Gasteiger partial charge in [-0.2, -0.15) is 4.98 Å². The first-order valence-electron chi connectivity index (χ1n) is 10.9. The van der Waals surface area contributed by atoms with E-state index >= 15 is 0 Å². The van der Waals surface area contributed by atoms with Gasteiger partial charge in [-0.15, -0.1) is 13.2 Å². The number of piperidine rings is 1. The minimum atomic E-state index is -4.79. The molecule has 4 rings (SSSR count). The number of carbonyl (C=O) groups excluding carboxylic acids is 1. The highest BCUT2D eigenvalue weighted by molar-refractivity contribution is 5.95.